The molecule has 23 heavy (non-hydrogen) atoms. The first-order chi connectivity index (χ1) is 11.1. The molecule has 0 spiro atoms. The topological polar surface area (TPSA) is 62.7 Å². The summed E-state index contributed by atoms with van der Waals surface area (Å²) in [7, 11) is 1.61. The van der Waals surface area contributed by atoms with Crippen LogP contribution in [-0.2, 0) is 4.79 Å². The van der Waals surface area contributed by atoms with E-state index in [0.29, 0.717) is 0 Å². The predicted molar refractivity (Wildman–Crippen MR) is 96.1 cm³/mol. The molecule has 0 aliphatic heterocycles. The summed E-state index contributed by atoms with van der Waals surface area (Å²) in [5, 5.41) is 6.97. The normalized spacial score (nSPS) is 10.6. The van der Waals surface area contributed by atoms with E-state index in [0.717, 1.165) is 21.5 Å². The molecular weight excluding hydrogens is 358 g/mol. The molecule has 2 aromatic carbocycles. The van der Waals surface area contributed by atoms with Gasteiger partial charge in [0.15, 0.2) is 0 Å². The average Bonchev–Trinajstić information content (AvgIpc) is 2.54. The van der Waals surface area contributed by atoms with Gasteiger partial charge in [-0.1, -0.05) is 17.7 Å². The molecule has 0 aliphatic carbocycles. The van der Waals surface area contributed by atoms with E-state index >= 15 is 0 Å². The highest BCUT2D eigenvalue weighted by Crippen LogP contribution is 2.24. The maximum Gasteiger partial charge on any atom is 0.259 e. The standard InChI is InChI=1S/C17H18BrN3O2/c1-12-3-6-14(7-4-12)19-11-17(22)21-20-10-13-5-8-16(23-2)15(18)9-13/h3-10,19H,11H2,1-2H3,(H,21,22)/b20-10+. The largest absolute Gasteiger partial charge is 0.496 e. The minimum absolute atomic E-state index is 0.159. The highest BCUT2D eigenvalue weighted by molar-refractivity contribution is 9.10. The molecule has 120 valence electrons. The molecule has 0 radical (unpaired) electrons. The number of hydrogen-bond acceptors (Lipinski definition) is 4. The quantitative estimate of drug-likeness (QED) is 0.601. The highest BCUT2D eigenvalue weighted by atomic mass is 79.9. The van der Waals surface area contributed by atoms with Gasteiger partial charge in [0.2, 0.25) is 0 Å². The maximum atomic E-state index is 11.7. The molecule has 2 N–H and O–H groups in total. The number of ether oxygens (including phenoxy) is 1. The van der Waals surface area contributed by atoms with Gasteiger partial charge >= 0.3 is 0 Å². The first kappa shape index (κ1) is 17.0. The SMILES string of the molecule is COc1ccc(/C=N/NC(=O)CNc2ccc(C)cc2)cc1Br. The summed E-state index contributed by atoms with van der Waals surface area (Å²) < 4.78 is 5.98. The van der Waals surface area contributed by atoms with Crippen LogP contribution in [-0.4, -0.2) is 25.8 Å². The number of hydrazone groups is 1. The lowest BCUT2D eigenvalue weighted by atomic mass is 10.2. The van der Waals surface area contributed by atoms with E-state index in [1.807, 2.05) is 49.4 Å². The van der Waals surface area contributed by atoms with Crippen LogP contribution in [0.4, 0.5) is 5.69 Å². The van der Waals surface area contributed by atoms with Crippen molar-refractivity contribution in [3.05, 3.63) is 58.1 Å². The average molecular weight is 376 g/mol. The van der Waals surface area contributed by atoms with Crippen molar-refractivity contribution in [1.29, 1.82) is 0 Å². The van der Waals surface area contributed by atoms with E-state index in [2.05, 4.69) is 31.8 Å². The van der Waals surface area contributed by atoms with Gasteiger partial charge in [-0.3, -0.25) is 4.79 Å². The molecule has 1 amide bonds. The highest BCUT2D eigenvalue weighted by Gasteiger charge is 2.01. The fourth-order valence-corrected chi connectivity index (χ4v) is 2.39. The second kappa shape index (κ2) is 8.33. The summed E-state index contributed by atoms with van der Waals surface area (Å²) in [5.74, 6) is 0.530. The molecule has 0 fully saturated rings. The van der Waals surface area contributed by atoms with E-state index in [1.54, 1.807) is 13.3 Å². The number of anilines is 1. The van der Waals surface area contributed by atoms with Crippen molar-refractivity contribution < 1.29 is 9.53 Å². The Morgan fingerprint density at radius 2 is 2.00 bits per heavy atom. The lowest BCUT2D eigenvalue weighted by Crippen LogP contribution is -2.25. The lowest BCUT2D eigenvalue weighted by Gasteiger charge is -2.05. The van der Waals surface area contributed by atoms with Gasteiger partial charge in [-0.15, -0.1) is 0 Å². The van der Waals surface area contributed by atoms with E-state index in [9.17, 15) is 4.79 Å². The minimum atomic E-state index is -0.214. The summed E-state index contributed by atoms with van der Waals surface area (Å²) in [4.78, 5) is 11.7. The number of rotatable bonds is 6. The Morgan fingerprint density at radius 3 is 2.65 bits per heavy atom. The Bertz CT molecular complexity index is 699. The van der Waals surface area contributed by atoms with Crippen molar-refractivity contribution in [1.82, 2.24) is 5.43 Å². The van der Waals surface area contributed by atoms with Gasteiger partial charge in [-0.25, -0.2) is 5.43 Å². The van der Waals surface area contributed by atoms with E-state index in [1.165, 1.54) is 5.56 Å². The molecule has 5 nitrogen and oxygen atoms in total. The van der Waals surface area contributed by atoms with Crippen LogP contribution >= 0.6 is 15.9 Å². The fraction of sp³-hybridized carbons (Fsp3) is 0.176. The number of nitrogens with one attached hydrogen (secondary N) is 2. The van der Waals surface area contributed by atoms with E-state index < -0.39 is 0 Å². The van der Waals surface area contributed by atoms with Crippen LogP contribution in [0.1, 0.15) is 11.1 Å². The Hall–Kier alpha value is -2.34. The predicted octanol–water partition coefficient (Wildman–Crippen LogP) is 3.33. The maximum absolute atomic E-state index is 11.7. The van der Waals surface area contributed by atoms with Crippen molar-refractivity contribution in [2.75, 3.05) is 19.0 Å². The summed E-state index contributed by atoms with van der Waals surface area (Å²) >= 11 is 3.40. The van der Waals surface area contributed by atoms with Crippen LogP contribution in [0.25, 0.3) is 0 Å². The Balaban J connectivity index is 1.81. The smallest absolute Gasteiger partial charge is 0.259 e. The second-order valence-corrected chi connectivity index (χ2v) is 5.76. The fourth-order valence-electron chi connectivity index (χ4n) is 1.84. The number of carbonyl (C=O) groups is 1. The number of aryl methyl sites for hydroxylation is 1. The first-order valence-corrected chi connectivity index (χ1v) is 7.84. The molecule has 2 aromatic rings. The number of carbonyl (C=O) groups excluding carboxylic acids is 1. The summed E-state index contributed by atoms with van der Waals surface area (Å²) in [6.07, 6.45) is 1.58. The zero-order valence-corrected chi connectivity index (χ0v) is 14.6. The summed E-state index contributed by atoms with van der Waals surface area (Å²) in [6.45, 7) is 2.18. The Labute approximate surface area is 143 Å². The van der Waals surface area contributed by atoms with Gasteiger partial charge in [-0.2, -0.15) is 5.10 Å². The molecule has 0 saturated heterocycles. The van der Waals surface area contributed by atoms with Crippen LogP contribution in [0.5, 0.6) is 5.75 Å². The van der Waals surface area contributed by atoms with Crippen molar-refractivity contribution >= 4 is 33.7 Å². The number of methoxy groups -OCH3 is 1. The van der Waals surface area contributed by atoms with Crippen LogP contribution in [0.3, 0.4) is 0 Å². The van der Waals surface area contributed by atoms with Gasteiger partial charge in [0.1, 0.15) is 5.75 Å². The molecule has 2 rings (SSSR count). The zero-order valence-electron chi connectivity index (χ0n) is 13.0. The van der Waals surface area contributed by atoms with Crippen LogP contribution in [0, 0.1) is 6.92 Å². The van der Waals surface area contributed by atoms with Crippen molar-refractivity contribution in [2.45, 2.75) is 6.92 Å². The van der Waals surface area contributed by atoms with E-state index in [-0.39, 0.29) is 12.5 Å². The number of benzene rings is 2. The molecule has 0 bridgehead atoms. The van der Waals surface area contributed by atoms with Gasteiger partial charge in [0, 0.05) is 5.69 Å². The molecule has 0 saturated carbocycles. The summed E-state index contributed by atoms with van der Waals surface area (Å²) in [5.41, 5.74) is 5.41. The molecule has 6 heteroatoms. The number of halogens is 1. The third-order valence-corrected chi connectivity index (χ3v) is 3.70. The molecular formula is C17H18BrN3O2. The second-order valence-electron chi connectivity index (χ2n) is 4.91. The number of amides is 1. The summed E-state index contributed by atoms with van der Waals surface area (Å²) in [6, 6.07) is 13.4. The first-order valence-electron chi connectivity index (χ1n) is 7.04. The van der Waals surface area contributed by atoms with Gasteiger partial charge < -0.3 is 10.1 Å². The van der Waals surface area contributed by atoms with Gasteiger partial charge in [-0.05, 0) is 58.7 Å². The van der Waals surface area contributed by atoms with Crippen molar-refractivity contribution in [3.63, 3.8) is 0 Å². The lowest BCUT2D eigenvalue weighted by molar-refractivity contribution is -0.119. The Kier molecular flexibility index (Phi) is 6.17. The van der Waals surface area contributed by atoms with Gasteiger partial charge in [0.05, 0.1) is 24.3 Å². The van der Waals surface area contributed by atoms with Crippen LogP contribution in [0.2, 0.25) is 0 Å². The Morgan fingerprint density at radius 1 is 1.26 bits per heavy atom. The van der Waals surface area contributed by atoms with Crippen LogP contribution < -0.4 is 15.5 Å². The number of nitrogens with zero attached hydrogens (tertiary/aromatic N) is 1. The third kappa shape index (κ3) is 5.41. The third-order valence-electron chi connectivity index (χ3n) is 3.08. The zero-order chi connectivity index (χ0) is 16.7. The minimum Gasteiger partial charge on any atom is -0.496 e. The monoisotopic (exact) mass is 375 g/mol. The molecule has 0 aliphatic rings. The van der Waals surface area contributed by atoms with E-state index in [4.69, 9.17) is 4.74 Å². The van der Waals surface area contributed by atoms with Crippen molar-refractivity contribution in [3.8, 4) is 5.75 Å². The molecule has 0 aromatic heterocycles. The molecule has 0 unspecified atom stereocenters. The molecule has 0 atom stereocenters. The van der Waals surface area contributed by atoms with Crippen LogP contribution in [0.15, 0.2) is 52.0 Å². The van der Waals surface area contributed by atoms with Gasteiger partial charge in [0.25, 0.3) is 5.91 Å². The number of hydrogen-bond donors (Lipinski definition) is 2. The molecule has 0 heterocycles. The van der Waals surface area contributed by atoms with Crippen molar-refractivity contribution in [2.24, 2.45) is 5.10 Å².